The van der Waals surface area contributed by atoms with Crippen LogP contribution in [0.15, 0.2) is 59.8 Å². The summed E-state index contributed by atoms with van der Waals surface area (Å²) >= 11 is 0. The zero-order valence-corrected chi connectivity index (χ0v) is 16.6. The number of carbonyl (C=O) groups excluding carboxylic acids is 1. The van der Waals surface area contributed by atoms with Crippen molar-refractivity contribution < 1.29 is 13.2 Å². The van der Waals surface area contributed by atoms with Crippen LogP contribution >= 0.6 is 0 Å². The first-order valence-electron chi connectivity index (χ1n) is 8.53. The maximum atomic E-state index is 12.4. The van der Waals surface area contributed by atoms with E-state index in [4.69, 9.17) is 0 Å². The van der Waals surface area contributed by atoms with Gasteiger partial charge in [-0.2, -0.15) is 5.10 Å². The number of aromatic nitrogens is 3. The monoisotopic (exact) mass is 399 g/mol. The first-order chi connectivity index (χ1) is 13.3. The summed E-state index contributed by atoms with van der Waals surface area (Å²) in [4.78, 5) is 16.5. The number of nitrogens with zero attached hydrogens (tertiary/aromatic N) is 4. The molecule has 0 bridgehead atoms. The number of amides is 1. The number of benzene rings is 1. The lowest BCUT2D eigenvalue weighted by Crippen LogP contribution is -2.24. The van der Waals surface area contributed by atoms with Crippen molar-refractivity contribution in [3.63, 3.8) is 0 Å². The molecule has 8 nitrogen and oxygen atoms in total. The second-order valence-electron chi connectivity index (χ2n) is 6.37. The molecular formula is C19H21N5O3S. The van der Waals surface area contributed by atoms with Gasteiger partial charge in [0.15, 0.2) is 0 Å². The third-order valence-electron chi connectivity index (χ3n) is 4.23. The van der Waals surface area contributed by atoms with Gasteiger partial charge in [0.1, 0.15) is 0 Å². The number of carbonyl (C=O) groups is 1. The second-order valence-corrected chi connectivity index (χ2v) is 8.53. The largest absolute Gasteiger partial charge is 0.346 e. The highest BCUT2D eigenvalue weighted by atomic mass is 32.2. The molecule has 146 valence electrons. The predicted molar refractivity (Wildman–Crippen MR) is 105 cm³/mol. The van der Waals surface area contributed by atoms with Gasteiger partial charge in [-0.15, -0.1) is 0 Å². The van der Waals surface area contributed by atoms with Gasteiger partial charge in [-0.1, -0.05) is 0 Å². The molecule has 9 heteroatoms. The van der Waals surface area contributed by atoms with Crippen LogP contribution in [0, 0.1) is 0 Å². The van der Waals surface area contributed by atoms with Crippen molar-refractivity contribution in [1.82, 2.24) is 24.4 Å². The third-order valence-corrected chi connectivity index (χ3v) is 6.06. The number of aryl methyl sites for hydroxylation is 1. The quantitative estimate of drug-likeness (QED) is 0.680. The van der Waals surface area contributed by atoms with Crippen LogP contribution < -0.4 is 5.32 Å². The van der Waals surface area contributed by atoms with E-state index in [1.165, 1.54) is 38.4 Å². The molecule has 2 aromatic heterocycles. The van der Waals surface area contributed by atoms with E-state index in [0.29, 0.717) is 5.56 Å². The predicted octanol–water partition coefficient (Wildman–Crippen LogP) is 1.66. The molecule has 1 N–H and O–H groups in total. The van der Waals surface area contributed by atoms with Crippen molar-refractivity contribution in [3.8, 4) is 11.3 Å². The normalized spacial score (nSPS) is 11.6. The van der Waals surface area contributed by atoms with E-state index in [1.54, 1.807) is 17.1 Å². The molecule has 0 spiro atoms. The van der Waals surface area contributed by atoms with Crippen LogP contribution in [-0.4, -0.2) is 47.5 Å². The first kappa shape index (κ1) is 19.7. The highest BCUT2D eigenvalue weighted by Crippen LogP contribution is 2.19. The molecule has 0 aliphatic rings. The van der Waals surface area contributed by atoms with Crippen molar-refractivity contribution >= 4 is 15.9 Å². The Morgan fingerprint density at radius 3 is 2.36 bits per heavy atom. The van der Waals surface area contributed by atoms with Gasteiger partial charge in [0, 0.05) is 44.7 Å². The van der Waals surface area contributed by atoms with Crippen molar-refractivity contribution in [1.29, 1.82) is 0 Å². The Hall–Kier alpha value is -3.04. The minimum absolute atomic E-state index is 0.140. The van der Waals surface area contributed by atoms with Crippen LogP contribution in [-0.2, 0) is 23.6 Å². The van der Waals surface area contributed by atoms with Gasteiger partial charge in [0.2, 0.25) is 10.0 Å². The topological polar surface area (TPSA) is 97.2 Å². The van der Waals surface area contributed by atoms with Crippen LogP contribution in [0.2, 0.25) is 0 Å². The lowest BCUT2D eigenvalue weighted by Gasteiger charge is -2.11. The Labute approximate surface area is 163 Å². The fourth-order valence-corrected chi connectivity index (χ4v) is 3.57. The Balaban J connectivity index is 1.68. The van der Waals surface area contributed by atoms with Crippen molar-refractivity contribution in [3.05, 3.63) is 66.1 Å². The van der Waals surface area contributed by atoms with E-state index in [0.717, 1.165) is 21.3 Å². The summed E-state index contributed by atoms with van der Waals surface area (Å²) in [6.45, 7) is 0.259. The molecule has 0 radical (unpaired) electrons. The molecule has 0 fully saturated rings. The van der Waals surface area contributed by atoms with Gasteiger partial charge < -0.3 is 5.32 Å². The minimum Gasteiger partial charge on any atom is -0.346 e. The summed E-state index contributed by atoms with van der Waals surface area (Å²) in [6.07, 6.45) is 3.42. The van der Waals surface area contributed by atoms with Gasteiger partial charge in [0.05, 0.1) is 22.8 Å². The van der Waals surface area contributed by atoms with Gasteiger partial charge in [-0.25, -0.2) is 12.7 Å². The highest BCUT2D eigenvalue weighted by molar-refractivity contribution is 7.89. The van der Waals surface area contributed by atoms with Gasteiger partial charge in [-0.05, 0) is 42.5 Å². The van der Waals surface area contributed by atoms with Gasteiger partial charge in [-0.3, -0.25) is 14.5 Å². The SMILES string of the molecule is CN(C)S(=O)(=O)c1ccc(C(=O)NCc2cc(-c3ccncc3)n(C)n2)cc1. The van der Waals surface area contributed by atoms with Crippen LogP contribution in [0.25, 0.3) is 11.3 Å². The Bertz CT molecular complexity index is 1070. The average molecular weight is 399 g/mol. The van der Waals surface area contributed by atoms with Crippen LogP contribution in [0.3, 0.4) is 0 Å². The summed E-state index contributed by atoms with van der Waals surface area (Å²) in [7, 11) is 1.24. The molecule has 3 rings (SSSR count). The molecular weight excluding hydrogens is 378 g/mol. The number of pyridine rings is 1. The Kier molecular flexibility index (Phi) is 5.57. The zero-order chi connectivity index (χ0) is 20.3. The van der Waals surface area contributed by atoms with Crippen molar-refractivity contribution in [2.75, 3.05) is 14.1 Å². The van der Waals surface area contributed by atoms with Crippen LogP contribution in [0.4, 0.5) is 0 Å². The minimum atomic E-state index is -3.52. The molecule has 0 saturated carbocycles. The first-order valence-corrected chi connectivity index (χ1v) is 9.97. The molecule has 0 saturated heterocycles. The maximum absolute atomic E-state index is 12.4. The summed E-state index contributed by atoms with van der Waals surface area (Å²) in [5.41, 5.74) is 3.00. The van der Waals surface area contributed by atoms with Crippen LogP contribution in [0.1, 0.15) is 16.1 Å². The molecule has 3 aromatic rings. The number of hydrogen-bond acceptors (Lipinski definition) is 5. The molecule has 0 atom stereocenters. The van der Waals surface area contributed by atoms with Crippen molar-refractivity contribution in [2.24, 2.45) is 7.05 Å². The van der Waals surface area contributed by atoms with E-state index in [1.807, 2.05) is 25.2 Å². The van der Waals surface area contributed by atoms with Gasteiger partial charge >= 0.3 is 0 Å². The number of rotatable bonds is 6. The lowest BCUT2D eigenvalue weighted by molar-refractivity contribution is 0.0950. The molecule has 2 heterocycles. The summed E-state index contributed by atoms with van der Waals surface area (Å²) in [5.74, 6) is -0.301. The van der Waals surface area contributed by atoms with Crippen LogP contribution in [0.5, 0.6) is 0 Å². The highest BCUT2D eigenvalue weighted by Gasteiger charge is 2.17. The standard InChI is InChI=1S/C19H21N5O3S/c1-23(2)28(26,27)17-6-4-15(5-7-17)19(25)21-13-16-12-18(24(3)22-16)14-8-10-20-11-9-14/h4-12H,13H2,1-3H3,(H,21,25). The summed E-state index contributed by atoms with van der Waals surface area (Å²) < 4.78 is 27.0. The number of hydrogen-bond donors (Lipinski definition) is 1. The number of sulfonamides is 1. The molecule has 0 unspecified atom stereocenters. The van der Waals surface area contributed by atoms with E-state index < -0.39 is 10.0 Å². The second kappa shape index (κ2) is 7.91. The fourth-order valence-electron chi connectivity index (χ4n) is 2.67. The fraction of sp³-hybridized carbons (Fsp3) is 0.211. The maximum Gasteiger partial charge on any atom is 0.251 e. The summed E-state index contributed by atoms with van der Waals surface area (Å²) in [5, 5.41) is 7.22. The molecule has 0 aliphatic heterocycles. The lowest BCUT2D eigenvalue weighted by atomic mass is 10.2. The molecule has 28 heavy (non-hydrogen) atoms. The Morgan fingerprint density at radius 2 is 1.75 bits per heavy atom. The van der Waals surface area contributed by atoms with Gasteiger partial charge in [0.25, 0.3) is 5.91 Å². The van der Waals surface area contributed by atoms with E-state index in [2.05, 4.69) is 15.4 Å². The van der Waals surface area contributed by atoms with E-state index in [9.17, 15) is 13.2 Å². The van der Waals surface area contributed by atoms with E-state index >= 15 is 0 Å². The smallest absolute Gasteiger partial charge is 0.251 e. The molecule has 1 amide bonds. The average Bonchev–Trinajstić information content (AvgIpc) is 3.07. The number of nitrogens with one attached hydrogen (secondary N) is 1. The molecule has 1 aromatic carbocycles. The van der Waals surface area contributed by atoms with Crippen molar-refractivity contribution in [2.45, 2.75) is 11.4 Å². The third kappa shape index (κ3) is 4.10. The summed E-state index contributed by atoms with van der Waals surface area (Å²) in [6, 6.07) is 11.5. The Morgan fingerprint density at radius 1 is 1.11 bits per heavy atom. The zero-order valence-electron chi connectivity index (χ0n) is 15.8. The molecule has 0 aliphatic carbocycles. The van der Waals surface area contributed by atoms with E-state index in [-0.39, 0.29) is 17.3 Å².